The molecule has 6 rings (SSSR count). The van der Waals surface area contributed by atoms with Gasteiger partial charge in [0.25, 0.3) is 0 Å². The largest absolute Gasteiger partial charge is 0.456 e. The van der Waals surface area contributed by atoms with E-state index in [2.05, 4.69) is 79.7 Å². The third kappa shape index (κ3) is 3.02. The summed E-state index contributed by atoms with van der Waals surface area (Å²) in [6.45, 7) is 6.79. The second-order valence-electron chi connectivity index (χ2n) is 9.17. The second kappa shape index (κ2) is 7.01. The summed E-state index contributed by atoms with van der Waals surface area (Å²) in [6, 6.07) is 21.3. The zero-order chi connectivity index (χ0) is 21.9. The Bertz CT molecular complexity index is 1620. The van der Waals surface area contributed by atoms with E-state index < -0.39 is 0 Å². The molecule has 0 saturated heterocycles. The molecular formula is C28H22N2OS. The summed E-state index contributed by atoms with van der Waals surface area (Å²) in [5.41, 5.74) is 5.31. The highest BCUT2D eigenvalue weighted by Gasteiger charge is 2.20. The van der Waals surface area contributed by atoms with Crippen LogP contribution in [0.2, 0.25) is 0 Å². The van der Waals surface area contributed by atoms with Gasteiger partial charge in [-0.1, -0.05) is 45.0 Å². The highest BCUT2D eigenvalue weighted by molar-refractivity contribution is 7.16. The maximum Gasteiger partial charge on any atom is 0.138 e. The Hall–Kier alpha value is -3.50. The Kier molecular flexibility index (Phi) is 4.21. The predicted molar refractivity (Wildman–Crippen MR) is 134 cm³/mol. The van der Waals surface area contributed by atoms with Crippen molar-refractivity contribution >= 4 is 43.3 Å². The third-order valence-corrected chi connectivity index (χ3v) is 6.84. The van der Waals surface area contributed by atoms with Crippen LogP contribution in [0.1, 0.15) is 26.3 Å². The van der Waals surface area contributed by atoms with Crippen LogP contribution in [0.5, 0.6) is 0 Å². The Morgan fingerprint density at radius 3 is 2.53 bits per heavy atom. The summed E-state index contributed by atoms with van der Waals surface area (Å²) in [4.78, 5) is 10.3. The summed E-state index contributed by atoms with van der Waals surface area (Å²) < 4.78 is 6.32. The molecule has 0 radical (unpaired) electrons. The topological polar surface area (TPSA) is 38.9 Å². The SMILES string of the molecule is CC(C)(C)c1cc(-c2nccc3oc(-c4ccnc5sccc45)cc23)cc2ccccc12. The Morgan fingerprint density at radius 1 is 0.812 bits per heavy atom. The van der Waals surface area contributed by atoms with Crippen LogP contribution in [-0.4, -0.2) is 9.97 Å². The van der Waals surface area contributed by atoms with E-state index in [-0.39, 0.29) is 5.41 Å². The van der Waals surface area contributed by atoms with Crippen molar-refractivity contribution in [1.29, 1.82) is 0 Å². The smallest absolute Gasteiger partial charge is 0.138 e. The normalized spacial score (nSPS) is 12.2. The molecule has 2 aromatic carbocycles. The summed E-state index contributed by atoms with van der Waals surface area (Å²) in [5.74, 6) is 0.844. The molecule has 32 heavy (non-hydrogen) atoms. The molecule has 0 N–H and O–H groups in total. The van der Waals surface area contributed by atoms with E-state index >= 15 is 0 Å². The summed E-state index contributed by atoms with van der Waals surface area (Å²) >= 11 is 1.64. The molecule has 4 aromatic heterocycles. The van der Waals surface area contributed by atoms with E-state index in [4.69, 9.17) is 9.40 Å². The lowest BCUT2D eigenvalue weighted by Gasteiger charge is -2.22. The zero-order valence-corrected chi connectivity index (χ0v) is 19.0. The van der Waals surface area contributed by atoms with Gasteiger partial charge in [-0.2, -0.15) is 0 Å². The van der Waals surface area contributed by atoms with Crippen LogP contribution in [0, 0.1) is 0 Å². The number of aromatic nitrogens is 2. The molecule has 0 saturated carbocycles. The average Bonchev–Trinajstić information content (AvgIpc) is 3.44. The number of thiophene rings is 1. The van der Waals surface area contributed by atoms with E-state index in [1.54, 1.807) is 11.3 Å². The third-order valence-electron chi connectivity index (χ3n) is 6.02. The number of hydrogen-bond acceptors (Lipinski definition) is 4. The zero-order valence-electron chi connectivity index (χ0n) is 18.2. The van der Waals surface area contributed by atoms with E-state index in [9.17, 15) is 0 Å². The molecule has 0 aliphatic rings. The van der Waals surface area contributed by atoms with Crippen LogP contribution in [0.4, 0.5) is 0 Å². The molecule has 0 aliphatic carbocycles. The fourth-order valence-corrected chi connectivity index (χ4v) is 5.24. The van der Waals surface area contributed by atoms with Gasteiger partial charge in [0.05, 0.1) is 5.69 Å². The number of rotatable bonds is 2. The van der Waals surface area contributed by atoms with E-state index in [0.29, 0.717) is 0 Å². The lowest BCUT2D eigenvalue weighted by Crippen LogP contribution is -2.12. The van der Waals surface area contributed by atoms with Crippen molar-refractivity contribution in [1.82, 2.24) is 9.97 Å². The summed E-state index contributed by atoms with van der Waals surface area (Å²) in [5, 5.41) is 6.73. The molecule has 4 heterocycles. The minimum atomic E-state index is 0.0205. The highest BCUT2D eigenvalue weighted by Crippen LogP contribution is 2.39. The van der Waals surface area contributed by atoms with Crippen LogP contribution < -0.4 is 0 Å². The Balaban J connectivity index is 1.60. The lowest BCUT2D eigenvalue weighted by atomic mass is 9.82. The highest BCUT2D eigenvalue weighted by atomic mass is 32.1. The van der Waals surface area contributed by atoms with Gasteiger partial charge >= 0.3 is 0 Å². The average molecular weight is 435 g/mol. The predicted octanol–water partition coefficient (Wildman–Crippen LogP) is 8.22. The maximum absolute atomic E-state index is 6.32. The monoisotopic (exact) mass is 434 g/mol. The molecule has 6 aromatic rings. The maximum atomic E-state index is 6.32. The van der Waals surface area contributed by atoms with Crippen LogP contribution >= 0.6 is 11.3 Å². The molecule has 0 amide bonds. The molecular weight excluding hydrogens is 412 g/mol. The standard InChI is InChI=1S/C28H22N2OS/c1-28(2,3)23-15-18(14-17-6-4-5-7-19(17)23)26-22-16-25(31-24(22)9-12-29-26)20-8-11-30-27-21(20)10-13-32-27/h4-16H,1-3H3. The Labute approximate surface area is 190 Å². The first-order valence-electron chi connectivity index (χ1n) is 10.7. The first-order valence-corrected chi connectivity index (χ1v) is 11.6. The molecule has 0 bridgehead atoms. The summed E-state index contributed by atoms with van der Waals surface area (Å²) in [6.07, 6.45) is 3.68. The molecule has 0 atom stereocenters. The van der Waals surface area contributed by atoms with Crippen molar-refractivity contribution in [3.63, 3.8) is 0 Å². The van der Waals surface area contributed by atoms with Crippen molar-refractivity contribution in [3.8, 4) is 22.6 Å². The van der Waals surface area contributed by atoms with E-state index in [1.165, 1.54) is 16.3 Å². The number of furan rings is 1. The fourth-order valence-electron chi connectivity index (χ4n) is 4.48. The Morgan fingerprint density at radius 2 is 1.66 bits per heavy atom. The van der Waals surface area contributed by atoms with Gasteiger partial charge in [-0.05, 0) is 63.5 Å². The van der Waals surface area contributed by atoms with E-state index in [1.807, 2.05) is 24.5 Å². The van der Waals surface area contributed by atoms with Crippen molar-refractivity contribution in [2.24, 2.45) is 0 Å². The van der Waals surface area contributed by atoms with Gasteiger partial charge in [0.2, 0.25) is 0 Å². The molecule has 3 nitrogen and oxygen atoms in total. The van der Waals surface area contributed by atoms with Gasteiger partial charge in [-0.25, -0.2) is 4.98 Å². The molecule has 4 heteroatoms. The van der Waals surface area contributed by atoms with Crippen molar-refractivity contribution < 1.29 is 4.42 Å². The molecule has 0 fully saturated rings. The molecule has 156 valence electrons. The number of fused-ring (bicyclic) bond motifs is 3. The number of nitrogens with zero attached hydrogens (tertiary/aromatic N) is 2. The van der Waals surface area contributed by atoms with Gasteiger partial charge in [-0.3, -0.25) is 4.98 Å². The minimum Gasteiger partial charge on any atom is -0.456 e. The van der Waals surface area contributed by atoms with Crippen LogP contribution in [0.15, 0.2) is 82.9 Å². The van der Waals surface area contributed by atoms with Gasteiger partial charge in [-0.15, -0.1) is 11.3 Å². The van der Waals surface area contributed by atoms with Crippen LogP contribution in [-0.2, 0) is 5.41 Å². The van der Waals surface area contributed by atoms with Crippen molar-refractivity contribution in [2.75, 3.05) is 0 Å². The van der Waals surface area contributed by atoms with Gasteiger partial charge in [0, 0.05) is 34.3 Å². The van der Waals surface area contributed by atoms with Crippen LogP contribution in [0.25, 0.3) is 54.5 Å². The summed E-state index contributed by atoms with van der Waals surface area (Å²) in [7, 11) is 0. The van der Waals surface area contributed by atoms with Crippen molar-refractivity contribution in [3.05, 3.63) is 84.0 Å². The minimum absolute atomic E-state index is 0.0205. The van der Waals surface area contributed by atoms with Gasteiger partial charge < -0.3 is 4.42 Å². The van der Waals surface area contributed by atoms with Crippen molar-refractivity contribution in [2.45, 2.75) is 26.2 Å². The molecule has 0 unspecified atom stereocenters. The quantitative estimate of drug-likeness (QED) is 0.275. The van der Waals surface area contributed by atoms with Gasteiger partial charge in [0.15, 0.2) is 0 Å². The second-order valence-corrected chi connectivity index (χ2v) is 10.1. The van der Waals surface area contributed by atoms with E-state index in [0.717, 1.165) is 43.8 Å². The molecule has 0 spiro atoms. The lowest BCUT2D eigenvalue weighted by molar-refractivity contribution is 0.596. The number of benzene rings is 2. The first kappa shape index (κ1) is 19.2. The first-order chi connectivity index (χ1) is 15.5. The number of hydrogen-bond donors (Lipinski definition) is 0. The van der Waals surface area contributed by atoms with Crippen LogP contribution in [0.3, 0.4) is 0 Å². The number of pyridine rings is 2. The fraction of sp³-hybridized carbons (Fsp3) is 0.143. The molecule has 0 aliphatic heterocycles. The van der Waals surface area contributed by atoms with Gasteiger partial charge in [0.1, 0.15) is 16.2 Å².